The van der Waals surface area contributed by atoms with Crippen LogP contribution in [0.4, 0.5) is 21.8 Å². The van der Waals surface area contributed by atoms with Crippen molar-refractivity contribution in [2.45, 2.75) is 45.7 Å². The van der Waals surface area contributed by atoms with Crippen LogP contribution in [0.5, 0.6) is 0 Å². The summed E-state index contributed by atoms with van der Waals surface area (Å²) in [5.41, 5.74) is 15.7. The lowest BCUT2D eigenvalue weighted by atomic mass is 9.99. The third-order valence-corrected chi connectivity index (χ3v) is 8.31. The highest BCUT2D eigenvalue weighted by atomic mass is 32.2. The molecular formula is C30H33FN6O6S. The van der Waals surface area contributed by atoms with Crippen molar-refractivity contribution >= 4 is 44.4 Å². The van der Waals surface area contributed by atoms with E-state index in [4.69, 9.17) is 20.8 Å². The minimum atomic E-state index is -3.66. The van der Waals surface area contributed by atoms with Crippen LogP contribution in [0, 0.1) is 5.82 Å². The Hall–Kier alpha value is -4.56. The second-order valence-corrected chi connectivity index (χ2v) is 12.3. The first-order chi connectivity index (χ1) is 20.9. The average molecular weight is 625 g/mol. The second kappa shape index (κ2) is 12.2. The van der Waals surface area contributed by atoms with Crippen LogP contribution in [0.25, 0.3) is 22.0 Å². The van der Waals surface area contributed by atoms with Crippen molar-refractivity contribution in [1.29, 1.82) is 0 Å². The number of esters is 1. The third-order valence-electron chi connectivity index (χ3n) is 7.58. The van der Waals surface area contributed by atoms with Crippen LogP contribution in [0.3, 0.4) is 0 Å². The number of aromatic nitrogens is 3. The molecule has 1 fully saturated rings. The highest BCUT2D eigenvalue weighted by Gasteiger charge is 2.28. The van der Waals surface area contributed by atoms with Gasteiger partial charge in [0.15, 0.2) is 0 Å². The van der Waals surface area contributed by atoms with Gasteiger partial charge in [-0.15, -0.1) is 0 Å². The number of carbonyl (C=O) groups is 1. The monoisotopic (exact) mass is 624 g/mol. The van der Waals surface area contributed by atoms with Gasteiger partial charge in [-0.3, -0.25) is 9.35 Å². The fraction of sp³-hybridized carbons (Fsp3) is 0.333. The predicted molar refractivity (Wildman–Crippen MR) is 166 cm³/mol. The van der Waals surface area contributed by atoms with Crippen LogP contribution < -0.4 is 21.8 Å². The van der Waals surface area contributed by atoms with E-state index in [0.29, 0.717) is 23.4 Å². The zero-order chi connectivity index (χ0) is 31.8. The Labute approximate surface area is 253 Å². The number of anilines is 3. The number of benzene rings is 2. The van der Waals surface area contributed by atoms with E-state index in [1.54, 1.807) is 25.4 Å². The number of carbonyl (C=O) groups excluding carboxylic acids is 1. The van der Waals surface area contributed by atoms with Crippen molar-refractivity contribution in [2.75, 3.05) is 35.3 Å². The summed E-state index contributed by atoms with van der Waals surface area (Å²) in [5, 5.41) is 0.180. The first-order valence-electron chi connectivity index (χ1n) is 14.2. The number of hydrogen-bond donors (Lipinski definition) is 3. The molecule has 232 valence electrons. The topological polar surface area (TPSA) is 184 Å². The fourth-order valence-electron chi connectivity index (χ4n) is 5.16. The Morgan fingerprint density at radius 1 is 1.18 bits per heavy atom. The molecule has 1 aliphatic carbocycles. The number of ether oxygens (including phenoxy) is 1. The molecule has 2 aromatic carbocycles. The molecule has 0 atom stereocenters. The molecular weight excluding hydrogens is 591 g/mol. The van der Waals surface area contributed by atoms with Gasteiger partial charge in [-0.2, -0.15) is 13.4 Å². The van der Waals surface area contributed by atoms with Crippen molar-refractivity contribution in [2.24, 2.45) is 0 Å². The van der Waals surface area contributed by atoms with Gasteiger partial charge in [0.1, 0.15) is 17.2 Å². The molecule has 12 nitrogen and oxygen atoms in total. The molecule has 4 aromatic rings. The van der Waals surface area contributed by atoms with E-state index >= 15 is 4.39 Å². The quantitative estimate of drug-likeness (QED) is 0.201. The van der Waals surface area contributed by atoms with E-state index in [1.165, 1.54) is 13.0 Å². The number of hydrogen-bond acceptors (Lipinski definition) is 10. The Kier molecular flexibility index (Phi) is 8.57. The van der Waals surface area contributed by atoms with Crippen molar-refractivity contribution in [3.05, 3.63) is 75.5 Å². The minimum Gasteiger partial charge on any atom is -0.462 e. The molecule has 3 heterocycles. The summed E-state index contributed by atoms with van der Waals surface area (Å²) in [7, 11) is -3.66. The van der Waals surface area contributed by atoms with Crippen molar-refractivity contribution in [3.8, 4) is 11.1 Å². The molecule has 0 bridgehead atoms. The average Bonchev–Trinajstić information content (AvgIpc) is 3.75. The molecule has 1 saturated carbocycles. The highest BCUT2D eigenvalue weighted by Crippen LogP contribution is 2.39. The van der Waals surface area contributed by atoms with Gasteiger partial charge in [-0.25, -0.2) is 14.2 Å². The molecule has 44 heavy (non-hydrogen) atoms. The lowest BCUT2D eigenvalue weighted by Crippen LogP contribution is -2.21. The zero-order valence-electron chi connectivity index (χ0n) is 24.3. The Balaban J connectivity index is 0.000000584. The normalized spacial score (nSPS) is 14.2. The molecule has 2 aromatic heterocycles. The summed E-state index contributed by atoms with van der Waals surface area (Å²) >= 11 is 0. The van der Waals surface area contributed by atoms with E-state index in [1.807, 2.05) is 22.8 Å². The van der Waals surface area contributed by atoms with Gasteiger partial charge in [0, 0.05) is 53.7 Å². The Morgan fingerprint density at radius 2 is 1.91 bits per heavy atom. The van der Waals surface area contributed by atoms with E-state index in [0.717, 1.165) is 48.2 Å². The Bertz CT molecular complexity index is 1930. The highest BCUT2D eigenvalue weighted by molar-refractivity contribution is 7.85. The maximum atomic E-state index is 15.5. The number of pyridine rings is 1. The van der Waals surface area contributed by atoms with E-state index in [2.05, 4.69) is 14.9 Å². The van der Waals surface area contributed by atoms with Crippen molar-refractivity contribution in [1.82, 2.24) is 14.5 Å². The first-order valence-corrected chi connectivity index (χ1v) is 15.8. The van der Waals surface area contributed by atoms with E-state index in [9.17, 15) is 18.0 Å². The number of halogens is 1. The molecule has 6 rings (SSSR count). The molecule has 0 radical (unpaired) electrons. The SMILES string of the molecule is CCOC(=O)c1cn(C2CC2)c2cc(-c3ccc4c(c3)CCN4Cc3cnc(N)nc3N)c(F)cc2c1=O.CCS(=O)(=O)O. The third kappa shape index (κ3) is 6.50. The van der Waals surface area contributed by atoms with Gasteiger partial charge in [0.05, 0.1) is 17.9 Å². The van der Waals surface area contributed by atoms with Crippen molar-refractivity contribution < 1.29 is 26.9 Å². The molecule has 0 unspecified atom stereocenters. The summed E-state index contributed by atoms with van der Waals surface area (Å²) < 4.78 is 49.4. The lowest BCUT2D eigenvalue weighted by molar-refractivity contribution is 0.0524. The number of nitrogen functional groups attached to an aromatic ring is 2. The largest absolute Gasteiger partial charge is 0.462 e. The smallest absolute Gasteiger partial charge is 0.343 e. The molecule has 14 heteroatoms. The minimum absolute atomic E-state index is 0.0665. The van der Waals surface area contributed by atoms with Gasteiger partial charge in [-0.1, -0.05) is 6.07 Å². The molecule has 1 aliphatic heterocycles. The number of nitrogens with two attached hydrogens (primary N) is 2. The zero-order valence-corrected chi connectivity index (χ0v) is 25.1. The summed E-state index contributed by atoms with van der Waals surface area (Å²) in [5.74, 6) is -0.909. The van der Waals surface area contributed by atoms with Gasteiger partial charge < -0.3 is 25.7 Å². The predicted octanol–water partition coefficient (Wildman–Crippen LogP) is 3.73. The number of nitrogens with zero attached hydrogens (tertiary/aromatic N) is 4. The van der Waals surface area contributed by atoms with Crippen molar-refractivity contribution in [3.63, 3.8) is 0 Å². The second-order valence-electron chi connectivity index (χ2n) is 10.6. The van der Waals surface area contributed by atoms with Crippen LogP contribution in [0.1, 0.15) is 54.2 Å². The van der Waals surface area contributed by atoms with E-state index in [-0.39, 0.29) is 35.3 Å². The van der Waals surface area contributed by atoms with Gasteiger partial charge in [0.2, 0.25) is 11.4 Å². The number of rotatable bonds is 7. The Morgan fingerprint density at radius 3 is 2.55 bits per heavy atom. The molecule has 5 N–H and O–H groups in total. The maximum Gasteiger partial charge on any atom is 0.343 e. The van der Waals surface area contributed by atoms with Crippen LogP contribution in [0.2, 0.25) is 0 Å². The van der Waals surface area contributed by atoms with Crippen LogP contribution in [-0.4, -0.2) is 52.4 Å². The van der Waals surface area contributed by atoms with E-state index < -0.39 is 27.3 Å². The molecule has 2 aliphatic rings. The van der Waals surface area contributed by atoms with Gasteiger partial charge in [-0.05, 0) is 68.5 Å². The maximum absolute atomic E-state index is 15.5. The van der Waals surface area contributed by atoms with Gasteiger partial charge >= 0.3 is 5.97 Å². The summed E-state index contributed by atoms with van der Waals surface area (Å²) in [6.07, 6.45) is 5.87. The fourth-order valence-corrected chi connectivity index (χ4v) is 5.16. The number of fused-ring (bicyclic) bond motifs is 2. The lowest BCUT2D eigenvalue weighted by Gasteiger charge is -2.20. The van der Waals surface area contributed by atoms with Crippen LogP contribution in [-0.2, 0) is 27.8 Å². The van der Waals surface area contributed by atoms with Crippen LogP contribution >= 0.6 is 0 Å². The standard InChI is InChI=1S/C28H27FN6O3.C2H6O3S/c1-2-38-27(37)21-14-35(18-4-5-18)24-11-19(22(29)10-20(24)25(21)36)15-3-6-23-16(9-15)7-8-34(23)13-17-12-32-28(31)33-26(17)30;1-2-6(3,4)5/h3,6,9-12,14,18H,2,4-5,7-8,13H2,1H3,(H4,30,31,32,33);2H2,1H3,(H,3,4,5). The summed E-state index contributed by atoms with van der Waals surface area (Å²) in [4.78, 5) is 35.8. The molecule has 0 amide bonds. The molecule has 0 spiro atoms. The molecule has 0 saturated heterocycles. The summed E-state index contributed by atoms with van der Waals surface area (Å²) in [6, 6.07) is 9.00. The summed E-state index contributed by atoms with van der Waals surface area (Å²) in [6.45, 7) is 4.53. The van der Waals surface area contributed by atoms with Gasteiger partial charge in [0.25, 0.3) is 10.1 Å². The first kappa shape index (κ1) is 30.9. The van der Waals surface area contributed by atoms with Crippen LogP contribution in [0.15, 0.2) is 47.5 Å².